The first-order chi connectivity index (χ1) is 9.63. The van der Waals surface area contributed by atoms with Crippen LogP contribution in [0.4, 0.5) is 4.39 Å². The highest BCUT2D eigenvalue weighted by atomic mass is 32.2. The summed E-state index contributed by atoms with van der Waals surface area (Å²) in [6, 6.07) is 6.34. The Morgan fingerprint density at radius 3 is 3.05 bits per heavy atom. The average molecular weight is 290 g/mol. The summed E-state index contributed by atoms with van der Waals surface area (Å²) in [6.07, 6.45) is 1.01. The van der Waals surface area contributed by atoms with Crippen LogP contribution in [0.25, 0.3) is 10.9 Å². The molecule has 1 aromatic heterocycles. The molecule has 0 aliphatic carbocycles. The van der Waals surface area contributed by atoms with Crippen molar-refractivity contribution in [3.8, 4) is 0 Å². The Bertz CT molecular complexity index is 663. The van der Waals surface area contributed by atoms with E-state index in [1.54, 1.807) is 12.1 Å². The van der Waals surface area contributed by atoms with Crippen LogP contribution in [0.15, 0.2) is 24.3 Å². The van der Waals surface area contributed by atoms with E-state index in [0.29, 0.717) is 22.2 Å². The van der Waals surface area contributed by atoms with Gasteiger partial charge in [0.2, 0.25) is 0 Å². The maximum absolute atomic E-state index is 13.3. The number of nitrogens with zero attached hydrogens (tertiary/aromatic N) is 1. The molecule has 1 saturated heterocycles. The molecule has 20 heavy (non-hydrogen) atoms. The van der Waals surface area contributed by atoms with Gasteiger partial charge in [-0.3, -0.25) is 9.78 Å². The van der Waals surface area contributed by atoms with Gasteiger partial charge in [-0.15, -0.1) is 0 Å². The summed E-state index contributed by atoms with van der Waals surface area (Å²) in [7, 11) is 0. The molecule has 2 aromatic rings. The van der Waals surface area contributed by atoms with Crippen molar-refractivity contribution in [2.24, 2.45) is 0 Å². The minimum Gasteiger partial charge on any atom is -0.348 e. The van der Waals surface area contributed by atoms with E-state index < -0.39 is 0 Å². The van der Waals surface area contributed by atoms with Gasteiger partial charge in [-0.1, -0.05) is 0 Å². The van der Waals surface area contributed by atoms with Crippen molar-refractivity contribution >= 4 is 28.6 Å². The molecule has 0 spiro atoms. The monoisotopic (exact) mass is 290 g/mol. The van der Waals surface area contributed by atoms with E-state index in [1.165, 1.54) is 12.1 Å². The number of halogens is 1. The van der Waals surface area contributed by atoms with Crippen molar-refractivity contribution in [1.82, 2.24) is 10.3 Å². The van der Waals surface area contributed by atoms with Gasteiger partial charge in [-0.25, -0.2) is 4.39 Å². The number of thioether (sulfide) groups is 1. The number of benzene rings is 1. The number of pyridine rings is 1. The van der Waals surface area contributed by atoms with Gasteiger partial charge in [0.05, 0.1) is 11.1 Å². The van der Waals surface area contributed by atoms with Gasteiger partial charge >= 0.3 is 0 Å². The number of carbonyl (C=O) groups excluding carboxylic acids is 1. The van der Waals surface area contributed by atoms with Crippen LogP contribution in [0.1, 0.15) is 22.5 Å². The highest BCUT2D eigenvalue weighted by Crippen LogP contribution is 2.21. The van der Waals surface area contributed by atoms with Crippen LogP contribution in [-0.4, -0.2) is 28.4 Å². The zero-order valence-electron chi connectivity index (χ0n) is 11.1. The fourth-order valence-electron chi connectivity index (χ4n) is 2.43. The van der Waals surface area contributed by atoms with E-state index in [1.807, 2.05) is 18.7 Å². The lowest BCUT2D eigenvalue weighted by atomic mass is 10.1. The molecule has 1 N–H and O–H groups in total. The zero-order valence-corrected chi connectivity index (χ0v) is 12.0. The average Bonchev–Trinajstić information content (AvgIpc) is 2.90. The topological polar surface area (TPSA) is 42.0 Å². The molecule has 3 rings (SSSR count). The largest absolute Gasteiger partial charge is 0.348 e. The number of rotatable bonds is 2. The second-order valence-corrected chi connectivity index (χ2v) is 6.16. The Morgan fingerprint density at radius 2 is 2.30 bits per heavy atom. The first-order valence-electron chi connectivity index (χ1n) is 6.59. The maximum Gasteiger partial charge on any atom is 0.252 e. The molecule has 0 unspecified atom stereocenters. The van der Waals surface area contributed by atoms with Crippen LogP contribution in [0, 0.1) is 12.7 Å². The van der Waals surface area contributed by atoms with Crippen molar-refractivity contribution in [3.63, 3.8) is 0 Å². The summed E-state index contributed by atoms with van der Waals surface area (Å²) < 4.78 is 13.3. The Morgan fingerprint density at radius 1 is 1.45 bits per heavy atom. The summed E-state index contributed by atoms with van der Waals surface area (Å²) in [5.41, 5.74) is 1.81. The molecule has 1 aliphatic rings. The molecule has 1 fully saturated rings. The highest BCUT2D eigenvalue weighted by molar-refractivity contribution is 7.99. The molecule has 0 saturated carbocycles. The van der Waals surface area contributed by atoms with Crippen LogP contribution in [-0.2, 0) is 0 Å². The number of carbonyl (C=O) groups is 1. The molecule has 2 heterocycles. The first kappa shape index (κ1) is 13.4. The van der Waals surface area contributed by atoms with Crippen LogP contribution >= 0.6 is 11.8 Å². The van der Waals surface area contributed by atoms with Gasteiger partial charge in [0.25, 0.3) is 5.91 Å². The third-order valence-electron chi connectivity index (χ3n) is 3.41. The van der Waals surface area contributed by atoms with Gasteiger partial charge in [0.15, 0.2) is 0 Å². The van der Waals surface area contributed by atoms with Crippen LogP contribution in [0.5, 0.6) is 0 Å². The second-order valence-electron chi connectivity index (χ2n) is 5.01. The number of amides is 1. The van der Waals surface area contributed by atoms with Crippen molar-refractivity contribution in [2.45, 2.75) is 19.4 Å². The molecule has 1 aliphatic heterocycles. The number of hydrogen-bond acceptors (Lipinski definition) is 3. The molecule has 1 amide bonds. The molecular weight excluding hydrogens is 275 g/mol. The minimum absolute atomic E-state index is 0.0976. The third kappa shape index (κ3) is 2.63. The molecule has 104 valence electrons. The second kappa shape index (κ2) is 5.40. The highest BCUT2D eigenvalue weighted by Gasteiger charge is 2.20. The predicted molar refractivity (Wildman–Crippen MR) is 79.6 cm³/mol. The molecule has 0 bridgehead atoms. The SMILES string of the molecule is Cc1cc(C(=O)N[C@H]2CCSC2)c2ccc(F)cc2n1. The van der Waals surface area contributed by atoms with Crippen molar-refractivity contribution in [1.29, 1.82) is 0 Å². The van der Waals surface area contributed by atoms with Crippen molar-refractivity contribution in [3.05, 3.63) is 41.3 Å². The lowest BCUT2D eigenvalue weighted by Crippen LogP contribution is -2.34. The van der Waals surface area contributed by atoms with E-state index in [9.17, 15) is 9.18 Å². The quantitative estimate of drug-likeness (QED) is 0.924. The van der Waals surface area contributed by atoms with Crippen LogP contribution < -0.4 is 5.32 Å². The maximum atomic E-state index is 13.3. The smallest absolute Gasteiger partial charge is 0.252 e. The number of aryl methyl sites for hydroxylation is 1. The Kier molecular flexibility index (Phi) is 3.61. The van der Waals surface area contributed by atoms with Gasteiger partial charge in [-0.05, 0) is 37.3 Å². The lowest BCUT2D eigenvalue weighted by molar-refractivity contribution is 0.0942. The first-order valence-corrected chi connectivity index (χ1v) is 7.74. The predicted octanol–water partition coefficient (Wildman–Crippen LogP) is 2.92. The fraction of sp³-hybridized carbons (Fsp3) is 0.333. The number of hydrogen-bond donors (Lipinski definition) is 1. The van der Waals surface area contributed by atoms with E-state index in [0.717, 1.165) is 17.9 Å². The van der Waals surface area contributed by atoms with Crippen molar-refractivity contribution < 1.29 is 9.18 Å². The molecule has 1 atom stereocenters. The van der Waals surface area contributed by atoms with E-state index in [-0.39, 0.29) is 17.8 Å². The number of fused-ring (bicyclic) bond motifs is 1. The minimum atomic E-state index is -0.339. The molecule has 1 aromatic carbocycles. The summed E-state index contributed by atoms with van der Waals surface area (Å²) >= 11 is 1.85. The molecule has 3 nitrogen and oxygen atoms in total. The van der Waals surface area contributed by atoms with Gasteiger partial charge in [0, 0.05) is 28.9 Å². The Hall–Kier alpha value is -1.62. The zero-order chi connectivity index (χ0) is 14.1. The summed E-state index contributed by atoms with van der Waals surface area (Å²) in [5.74, 6) is 1.61. The summed E-state index contributed by atoms with van der Waals surface area (Å²) in [4.78, 5) is 16.7. The Balaban J connectivity index is 1.99. The number of nitrogens with one attached hydrogen (secondary N) is 1. The summed E-state index contributed by atoms with van der Waals surface area (Å²) in [6.45, 7) is 1.81. The molecule has 5 heteroatoms. The molecule has 0 radical (unpaired) electrons. The van der Waals surface area contributed by atoms with Gasteiger partial charge in [-0.2, -0.15) is 11.8 Å². The third-order valence-corrected chi connectivity index (χ3v) is 4.57. The van der Waals surface area contributed by atoms with Gasteiger partial charge in [0.1, 0.15) is 5.82 Å². The normalized spacial score (nSPS) is 18.4. The summed E-state index contributed by atoms with van der Waals surface area (Å²) in [5, 5.41) is 3.74. The standard InChI is InChI=1S/C15H15FN2OS/c1-9-6-13(15(19)18-11-4-5-20-8-11)12-3-2-10(16)7-14(12)17-9/h2-3,6-7,11H,4-5,8H2,1H3,(H,18,19)/t11-/m0/s1. The molecular formula is C15H15FN2OS. The van der Waals surface area contributed by atoms with E-state index in [2.05, 4.69) is 10.3 Å². The van der Waals surface area contributed by atoms with E-state index in [4.69, 9.17) is 0 Å². The van der Waals surface area contributed by atoms with Crippen LogP contribution in [0.2, 0.25) is 0 Å². The lowest BCUT2D eigenvalue weighted by Gasteiger charge is -2.13. The Labute approximate surface area is 121 Å². The van der Waals surface area contributed by atoms with Crippen LogP contribution in [0.3, 0.4) is 0 Å². The van der Waals surface area contributed by atoms with E-state index >= 15 is 0 Å². The van der Waals surface area contributed by atoms with Gasteiger partial charge < -0.3 is 5.32 Å². The number of aromatic nitrogens is 1. The van der Waals surface area contributed by atoms with Crippen molar-refractivity contribution in [2.75, 3.05) is 11.5 Å². The fourth-order valence-corrected chi connectivity index (χ4v) is 3.59.